The molecular weight excluding hydrogens is 366 g/mol. The van der Waals surface area contributed by atoms with Crippen LogP contribution in [-0.4, -0.2) is 23.1 Å². The third kappa shape index (κ3) is 4.61. The first-order valence-corrected chi connectivity index (χ1v) is 8.64. The minimum atomic E-state index is -0.0541. The van der Waals surface area contributed by atoms with Gasteiger partial charge in [0.2, 0.25) is 5.91 Å². The molecule has 1 aliphatic heterocycles. The first kappa shape index (κ1) is 16.6. The Morgan fingerprint density at radius 1 is 1.17 bits per heavy atom. The number of hydrogen-bond donors (Lipinski definition) is 1. The molecule has 0 unspecified atom stereocenters. The summed E-state index contributed by atoms with van der Waals surface area (Å²) >= 11 is 3.39. The average molecular weight is 384 g/mol. The Morgan fingerprint density at radius 3 is 2.79 bits per heavy atom. The first-order chi connectivity index (χ1) is 11.7. The molecule has 1 aromatic heterocycles. The van der Waals surface area contributed by atoms with Crippen LogP contribution < -0.4 is 5.32 Å². The zero-order valence-corrected chi connectivity index (χ0v) is 14.8. The zero-order chi connectivity index (χ0) is 16.8. The number of benzene rings is 1. The fourth-order valence-electron chi connectivity index (χ4n) is 2.64. The van der Waals surface area contributed by atoms with E-state index in [2.05, 4.69) is 43.4 Å². The number of pyridine rings is 1. The lowest BCUT2D eigenvalue weighted by Gasteiger charge is -2.15. The van der Waals surface area contributed by atoms with Crippen LogP contribution in [0.15, 0.2) is 69.8 Å². The molecule has 1 N–H and O–H groups in total. The van der Waals surface area contributed by atoms with Crippen molar-refractivity contribution in [2.24, 2.45) is 4.99 Å². The molecule has 1 aliphatic rings. The van der Waals surface area contributed by atoms with Gasteiger partial charge in [-0.15, -0.1) is 0 Å². The average Bonchev–Trinajstić information content (AvgIpc) is 2.58. The van der Waals surface area contributed by atoms with Crippen molar-refractivity contribution in [3.05, 3.63) is 70.3 Å². The van der Waals surface area contributed by atoms with Crippen molar-refractivity contribution in [3.8, 4) is 0 Å². The van der Waals surface area contributed by atoms with Gasteiger partial charge in [-0.2, -0.15) is 0 Å². The third-order valence-electron chi connectivity index (χ3n) is 3.78. The Balaban J connectivity index is 1.55. The lowest BCUT2D eigenvalue weighted by molar-refractivity contribution is -0.115. The molecule has 0 fully saturated rings. The largest absolute Gasteiger partial charge is 0.309 e. The summed E-state index contributed by atoms with van der Waals surface area (Å²) in [5.41, 5.74) is 3.49. The van der Waals surface area contributed by atoms with Crippen LogP contribution >= 0.6 is 15.9 Å². The van der Waals surface area contributed by atoms with Crippen molar-refractivity contribution in [2.45, 2.75) is 19.3 Å². The maximum absolute atomic E-state index is 12.2. The SMILES string of the molecule is O=C(CC1=CCN=C(Cc2ccccc2)C1)Nc1ncccc1Br. The Kier molecular flexibility index (Phi) is 5.54. The van der Waals surface area contributed by atoms with Crippen LogP contribution in [0.1, 0.15) is 18.4 Å². The van der Waals surface area contributed by atoms with Crippen molar-refractivity contribution < 1.29 is 4.79 Å². The summed E-state index contributed by atoms with van der Waals surface area (Å²) in [5.74, 6) is 0.499. The van der Waals surface area contributed by atoms with E-state index >= 15 is 0 Å². The highest BCUT2D eigenvalue weighted by atomic mass is 79.9. The van der Waals surface area contributed by atoms with E-state index in [1.165, 1.54) is 5.56 Å². The molecule has 0 atom stereocenters. The van der Waals surface area contributed by atoms with E-state index < -0.39 is 0 Å². The number of dihydropyridines is 1. The van der Waals surface area contributed by atoms with Crippen LogP contribution in [0.3, 0.4) is 0 Å². The summed E-state index contributed by atoms with van der Waals surface area (Å²) in [4.78, 5) is 21.0. The number of hydrogen-bond acceptors (Lipinski definition) is 3. The number of aliphatic imine (C=N–C) groups is 1. The normalized spacial score (nSPS) is 13.9. The van der Waals surface area contributed by atoms with Crippen LogP contribution in [0.4, 0.5) is 5.82 Å². The lowest BCUT2D eigenvalue weighted by atomic mass is 9.97. The molecule has 0 saturated heterocycles. The van der Waals surface area contributed by atoms with Gasteiger partial charge in [0.25, 0.3) is 0 Å². The Morgan fingerprint density at radius 2 is 2.00 bits per heavy atom. The quantitative estimate of drug-likeness (QED) is 0.787. The molecule has 0 spiro atoms. The maximum atomic E-state index is 12.2. The van der Waals surface area contributed by atoms with E-state index in [-0.39, 0.29) is 5.91 Å². The monoisotopic (exact) mass is 383 g/mol. The highest BCUT2D eigenvalue weighted by molar-refractivity contribution is 9.10. The van der Waals surface area contributed by atoms with Crippen molar-refractivity contribution >= 4 is 33.4 Å². The van der Waals surface area contributed by atoms with Gasteiger partial charge >= 0.3 is 0 Å². The smallest absolute Gasteiger partial charge is 0.229 e. The minimum Gasteiger partial charge on any atom is -0.309 e. The summed E-state index contributed by atoms with van der Waals surface area (Å²) in [6.07, 6.45) is 5.67. The van der Waals surface area contributed by atoms with Gasteiger partial charge in [0.1, 0.15) is 5.82 Å². The van der Waals surface area contributed by atoms with Gasteiger partial charge in [0.05, 0.1) is 11.0 Å². The van der Waals surface area contributed by atoms with E-state index in [0.29, 0.717) is 18.8 Å². The van der Waals surface area contributed by atoms with Crippen LogP contribution in [-0.2, 0) is 11.2 Å². The fourth-order valence-corrected chi connectivity index (χ4v) is 2.99. The molecule has 2 aromatic rings. The summed E-state index contributed by atoms with van der Waals surface area (Å²) < 4.78 is 0.780. The highest BCUT2D eigenvalue weighted by Gasteiger charge is 2.14. The molecule has 0 saturated carbocycles. The van der Waals surface area contributed by atoms with Gasteiger partial charge in [-0.1, -0.05) is 42.0 Å². The number of nitrogens with zero attached hydrogens (tertiary/aromatic N) is 2. The first-order valence-electron chi connectivity index (χ1n) is 7.85. The molecule has 1 amide bonds. The molecular formula is C19H18BrN3O. The number of nitrogens with one attached hydrogen (secondary N) is 1. The predicted octanol–water partition coefficient (Wildman–Crippen LogP) is 4.19. The fraction of sp³-hybridized carbons (Fsp3) is 0.211. The molecule has 4 nitrogen and oxygen atoms in total. The number of halogens is 1. The molecule has 5 heteroatoms. The second-order valence-corrected chi connectivity index (χ2v) is 6.52. The second-order valence-electron chi connectivity index (χ2n) is 5.67. The van der Waals surface area contributed by atoms with E-state index in [1.54, 1.807) is 6.20 Å². The van der Waals surface area contributed by atoms with E-state index in [9.17, 15) is 4.79 Å². The van der Waals surface area contributed by atoms with Gasteiger partial charge in [0.15, 0.2) is 0 Å². The van der Waals surface area contributed by atoms with Crippen molar-refractivity contribution in [3.63, 3.8) is 0 Å². The number of carbonyl (C=O) groups excluding carboxylic acids is 1. The standard InChI is InChI=1S/C19H18BrN3O/c20-17-7-4-9-22-19(17)23-18(24)13-15-8-10-21-16(12-15)11-14-5-2-1-3-6-14/h1-9H,10-13H2,(H,22,23,24). The van der Waals surface area contributed by atoms with E-state index in [0.717, 1.165) is 28.6 Å². The third-order valence-corrected chi connectivity index (χ3v) is 4.42. The van der Waals surface area contributed by atoms with Gasteiger partial charge in [0, 0.05) is 31.2 Å². The number of aromatic nitrogens is 1. The van der Waals surface area contributed by atoms with Gasteiger partial charge < -0.3 is 5.32 Å². The van der Waals surface area contributed by atoms with Crippen molar-refractivity contribution in [1.82, 2.24) is 4.98 Å². The lowest BCUT2D eigenvalue weighted by Crippen LogP contribution is -2.17. The maximum Gasteiger partial charge on any atom is 0.229 e. The van der Waals surface area contributed by atoms with E-state index in [4.69, 9.17) is 0 Å². The molecule has 2 heterocycles. The van der Waals surface area contributed by atoms with Crippen LogP contribution in [0.2, 0.25) is 0 Å². The minimum absolute atomic E-state index is 0.0541. The summed E-state index contributed by atoms with van der Waals surface area (Å²) in [5, 5.41) is 2.84. The summed E-state index contributed by atoms with van der Waals surface area (Å²) in [6, 6.07) is 14.0. The van der Waals surface area contributed by atoms with Gasteiger partial charge in [-0.25, -0.2) is 4.98 Å². The van der Waals surface area contributed by atoms with Gasteiger partial charge in [-0.05, 0) is 33.6 Å². The summed E-state index contributed by atoms with van der Waals surface area (Å²) in [6.45, 7) is 0.651. The van der Waals surface area contributed by atoms with Crippen molar-refractivity contribution in [2.75, 3.05) is 11.9 Å². The molecule has 0 bridgehead atoms. The molecule has 1 aromatic carbocycles. The second kappa shape index (κ2) is 8.02. The number of rotatable bonds is 5. The van der Waals surface area contributed by atoms with Crippen LogP contribution in [0.25, 0.3) is 0 Å². The molecule has 0 aliphatic carbocycles. The molecule has 24 heavy (non-hydrogen) atoms. The molecule has 122 valence electrons. The predicted molar refractivity (Wildman–Crippen MR) is 100 cm³/mol. The number of anilines is 1. The van der Waals surface area contributed by atoms with Gasteiger partial charge in [-0.3, -0.25) is 9.79 Å². The molecule has 3 rings (SSSR count). The topological polar surface area (TPSA) is 54.4 Å². The molecule has 0 radical (unpaired) electrons. The van der Waals surface area contributed by atoms with Crippen molar-refractivity contribution in [1.29, 1.82) is 0 Å². The van der Waals surface area contributed by atoms with Crippen LogP contribution in [0.5, 0.6) is 0 Å². The Bertz CT molecular complexity index is 784. The number of amides is 1. The van der Waals surface area contributed by atoms with E-state index in [1.807, 2.05) is 36.4 Å². The summed E-state index contributed by atoms with van der Waals surface area (Å²) in [7, 11) is 0. The number of carbonyl (C=O) groups is 1. The highest BCUT2D eigenvalue weighted by Crippen LogP contribution is 2.20. The Labute approximate surface area is 149 Å². The van der Waals surface area contributed by atoms with Crippen LogP contribution in [0, 0.1) is 0 Å². The zero-order valence-electron chi connectivity index (χ0n) is 13.2. The Hall–Kier alpha value is -2.27.